The fourth-order valence-corrected chi connectivity index (χ4v) is 5.63. The van der Waals surface area contributed by atoms with Crippen LogP contribution in [0.3, 0.4) is 0 Å². The second-order valence-electron chi connectivity index (χ2n) is 10.3. The lowest BCUT2D eigenvalue weighted by Crippen LogP contribution is -2.27. The van der Waals surface area contributed by atoms with Crippen LogP contribution in [-0.2, 0) is 11.3 Å². The van der Waals surface area contributed by atoms with Gasteiger partial charge in [0.2, 0.25) is 5.95 Å². The zero-order chi connectivity index (χ0) is 30.3. The van der Waals surface area contributed by atoms with Crippen molar-refractivity contribution in [2.45, 2.75) is 39.8 Å². The van der Waals surface area contributed by atoms with Crippen LogP contribution in [0.5, 0.6) is 5.75 Å². The van der Waals surface area contributed by atoms with E-state index >= 15 is 0 Å². The molecule has 0 atom stereocenters. The fourth-order valence-electron chi connectivity index (χ4n) is 4.45. The number of ether oxygens (including phenoxy) is 2. The van der Waals surface area contributed by atoms with Gasteiger partial charge in [-0.3, -0.25) is 9.36 Å². The number of hydrogen-bond acceptors (Lipinski definition) is 10. The number of aryl methyl sites for hydroxylation is 1. The van der Waals surface area contributed by atoms with Crippen LogP contribution in [0.15, 0.2) is 40.6 Å². The Balaban J connectivity index is 1.50. The average molecular weight is 607 g/mol. The van der Waals surface area contributed by atoms with Gasteiger partial charge in [0.15, 0.2) is 0 Å². The standard InChI is InChI=1S/C29H24ClFN6O4S/c1-14-35-20-12-34-26(31)18(11-32)23(20)27(38)37(14)7-8-40-21-6-5-15(30)9-16(21)17-10-22(33)36-24-19(13-42-25(17)24)28(39)41-29(2,3)4/h5-6,9-10,12-13H,7-8H2,1-4H3,(H2,33,36). The Bertz CT molecular complexity index is 1990. The number of rotatable bonds is 6. The van der Waals surface area contributed by atoms with Crippen molar-refractivity contribution in [3.05, 3.63) is 74.1 Å². The van der Waals surface area contributed by atoms with Crippen LogP contribution in [0.25, 0.3) is 32.2 Å². The molecule has 5 rings (SSSR count). The van der Waals surface area contributed by atoms with Crippen molar-refractivity contribution in [1.82, 2.24) is 19.5 Å². The topological polar surface area (TPSA) is 146 Å². The second kappa shape index (κ2) is 11.0. The number of benzene rings is 1. The first kappa shape index (κ1) is 28.9. The smallest absolute Gasteiger partial charge is 0.341 e. The van der Waals surface area contributed by atoms with Gasteiger partial charge in [-0.05, 0) is 52.0 Å². The van der Waals surface area contributed by atoms with Gasteiger partial charge in [-0.1, -0.05) is 11.6 Å². The quantitative estimate of drug-likeness (QED) is 0.191. The third-order valence-corrected chi connectivity index (χ3v) is 7.46. The molecular formula is C29H24ClFN6O4S. The van der Waals surface area contributed by atoms with Crippen molar-refractivity contribution < 1.29 is 18.7 Å². The average Bonchev–Trinajstić information content (AvgIpc) is 3.34. The zero-order valence-corrected chi connectivity index (χ0v) is 24.6. The predicted molar refractivity (Wildman–Crippen MR) is 158 cm³/mol. The van der Waals surface area contributed by atoms with E-state index in [1.54, 1.807) is 63.4 Å². The molecule has 0 aliphatic carbocycles. The first-order valence-corrected chi connectivity index (χ1v) is 13.9. The number of nitrogens with two attached hydrogens (primary N) is 1. The molecule has 0 saturated carbocycles. The number of nitrogen functional groups attached to an aromatic ring is 1. The van der Waals surface area contributed by atoms with E-state index in [0.29, 0.717) is 43.5 Å². The molecule has 0 saturated heterocycles. The maximum atomic E-state index is 14.1. The molecule has 0 aliphatic heterocycles. The SMILES string of the molecule is Cc1nc2cnc(F)c(C#N)c2c(=O)n1CCOc1ccc(Cl)cc1-c1cc(N)nc2c(C(=O)OC(C)(C)C)csc12. The van der Waals surface area contributed by atoms with Crippen molar-refractivity contribution in [2.24, 2.45) is 0 Å². The normalized spacial score (nSPS) is 11.5. The summed E-state index contributed by atoms with van der Waals surface area (Å²) in [5, 5.41) is 11.4. The van der Waals surface area contributed by atoms with Crippen LogP contribution in [0.1, 0.15) is 42.5 Å². The lowest BCUT2D eigenvalue weighted by molar-refractivity contribution is 0.00721. The minimum absolute atomic E-state index is 0.0231. The molecule has 0 spiro atoms. The van der Waals surface area contributed by atoms with E-state index in [9.17, 15) is 19.2 Å². The van der Waals surface area contributed by atoms with Gasteiger partial charge in [0.05, 0.1) is 39.4 Å². The number of anilines is 1. The molecule has 0 bridgehead atoms. The van der Waals surface area contributed by atoms with E-state index in [1.165, 1.54) is 15.9 Å². The number of pyridine rings is 2. The minimum atomic E-state index is -1.03. The Morgan fingerprint density at radius 1 is 1.24 bits per heavy atom. The molecule has 1 aromatic carbocycles. The van der Waals surface area contributed by atoms with Crippen LogP contribution in [0.4, 0.5) is 10.2 Å². The molecule has 10 nitrogen and oxygen atoms in total. The molecule has 0 radical (unpaired) electrons. The number of nitrogens with zero attached hydrogens (tertiary/aromatic N) is 5. The van der Waals surface area contributed by atoms with Crippen LogP contribution in [-0.4, -0.2) is 37.7 Å². The first-order valence-electron chi connectivity index (χ1n) is 12.7. The summed E-state index contributed by atoms with van der Waals surface area (Å²) in [5.74, 6) is -0.577. The van der Waals surface area contributed by atoms with Gasteiger partial charge >= 0.3 is 5.97 Å². The Kier molecular flexibility index (Phi) is 7.57. The number of thiophene rings is 1. The Labute approximate surface area is 248 Å². The maximum absolute atomic E-state index is 14.1. The number of carbonyl (C=O) groups is 1. The van der Waals surface area contributed by atoms with Gasteiger partial charge in [-0.25, -0.2) is 19.7 Å². The third kappa shape index (κ3) is 5.48. The molecule has 214 valence electrons. The number of esters is 1. The van der Waals surface area contributed by atoms with Gasteiger partial charge in [-0.2, -0.15) is 9.65 Å². The highest BCUT2D eigenvalue weighted by molar-refractivity contribution is 7.18. The third-order valence-electron chi connectivity index (χ3n) is 6.22. The summed E-state index contributed by atoms with van der Waals surface area (Å²) in [5.41, 5.74) is 6.51. The number of aromatic nitrogens is 4. The molecular weight excluding hydrogens is 583 g/mol. The summed E-state index contributed by atoms with van der Waals surface area (Å²) in [6, 6.07) is 8.43. The van der Waals surface area contributed by atoms with Crippen molar-refractivity contribution in [3.63, 3.8) is 0 Å². The first-order chi connectivity index (χ1) is 19.9. The minimum Gasteiger partial charge on any atom is -0.491 e. The van der Waals surface area contributed by atoms with E-state index in [2.05, 4.69) is 15.0 Å². The summed E-state index contributed by atoms with van der Waals surface area (Å²) in [6.07, 6.45) is 1.13. The van der Waals surface area contributed by atoms with Crippen LogP contribution < -0.4 is 16.0 Å². The van der Waals surface area contributed by atoms with Crippen molar-refractivity contribution in [2.75, 3.05) is 12.3 Å². The molecule has 4 aromatic heterocycles. The molecule has 0 amide bonds. The van der Waals surface area contributed by atoms with Crippen molar-refractivity contribution >= 4 is 55.8 Å². The highest BCUT2D eigenvalue weighted by Crippen LogP contribution is 2.41. The highest BCUT2D eigenvalue weighted by Gasteiger charge is 2.24. The van der Waals surface area contributed by atoms with E-state index in [-0.39, 0.29) is 29.9 Å². The van der Waals surface area contributed by atoms with E-state index in [1.807, 2.05) is 0 Å². The Hall–Kier alpha value is -4.60. The van der Waals surface area contributed by atoms with Crippen LogP contribution >= 0.6 is 22.9 Å². The van der Waals surface area contributed by atoms with Gasteiger partial charge < -0.3 is 15.2 Å². The summed E-state index contributed by atoms with van der Waals surface area (Å²) in [4.78, 5) is 38.3. The predicted octanol–water partition coefficient (Wildman–Crippen LogP) is 5.66. The summed E-state index contributed by atoms with van der Waals surface area (Å²) in [6.45, 7) is 7.05. The fraction of sp³-hybridized carbons (Fsp3) is 0.241. The van der Waals surface area contributed by atoms with Crippen LogP contribution in [0.2, 0.25) is 5.02 Å². The molecule has 13 heteroatoms. The highest BCUT2D eigenvalue weighted by atomic mass is 35.5. The molecule has 4 heterocycles. The van der Waals surface area contributed by atoms with E-state index in [4.69, 9.17) is 26.8 Å². The summed E-state index contributed by atoms with van der Waals surface area (Å²) >= 11 is 7.68. The Morgan fingerprint density at radius 2 is 2.00 bits per heavy atom. The maximum Gasteiger partial charge on any atom is 0.341 e. The van der Waals surface area contributed by atoms with E-state index in [0.717, 1.165) is 6.20 Å². The second-order valence-corrected chi connectivity index (χ2v) is 11.6. The number of hydrogen-bond donors (Lipinski definition) is 1. The van der Waals surface area contributed by atoms with Crippen LogP contribution in [0, 0.1) is 24.2 Å². The molecule has 0 fully saturated rings. The number of carbonyl (C=O) groups excluding carboxylic acids is 1. The molecule has 5 aromatic rings. The molecule has 2 N–H and O–H groups in total. The molecule has 0 aliphatic rings. The lowest BCUT2D eigenvalue weighted by Gasteiger charge is -2.19. The summed E-state index contributed by atoms with van der Waals surface area (Å²) < 4.78 is 27.8. The largest absolute Gasteiger partial charge is 0.491 e. The zero-order valence-electron chi connectivity index (χ0n) is 23.0. The van der Waals surface area contributed by atoms with E-state index < -0.39 is 28.6 Å². The number of halogens is 2. The Morgan fingerprint density at radius 3 is 2.71 bits per heavy atom. The van der Waals surface area contributed by atoms with Crippen molar-refractivity contribution in [1.29, 1.82) is 5.26 Å². The van der Waals surface area contributed by atoms with Gasteiger partial charge in [0.1, 0.15) is 41.2 Å². The monoisotopic (exact) mass is 606 g/mol. The number of nitriles is 1. The molecule has 42 heavy (non-hydrogen) atoms. The molecule has 0 unspecified atom stereocenters. The number of fused-ring (bicyclic) bond motifs is 2. The van der Waals surface area contributed by atoms with Gasteiger partial charge in [-0.15, -0.1) is 11.3 Å². The lowest BCUT2D eigenvalue weighted by atomic mass is 10.0. The van der Waals surface area contributed by atoms with Gasteiger partial charge in [0, 0.05) is 21.5 Å². The van der Waals surface area contributed by atoms with Gasteiger partial charge in [0.25, 0.3) is 5.56 Å². The summed E-state index contributed by atoms with van der Waals surface area (Å²) in [7, 11) is 0. The van der Waals surface area contributed by atoms with Crippen molar-refractivity contribution in [3.8, 4) is 22.9 Å².